The highest BCUT2D eigenvalue weighted by Gasteiger charge is 2.26. The van der Waals surface area contributed by atoms with E-state index < -0.39 is 10.0 Å². The normalized spacial score (nSPS) is 13.2. The lowest BCUT2D eigenvalue weighted by Crippen LogP contribution is -2.27. The number of rotatable bonds is 4. The number of sulfonamides is 1. The summed E-state index contributed by atoms with van der Waals surface area (Å²) in [4.78, 5) is 12.4. The summed E-state index contributed by atoms with van der Waals surface area (Å²) in [5, 5.41) is 11.5. The average Bonchev–Trinajstić information content (AvgIpc) is 3.00. The third-order valence-corrected chi connectivity index (χ3v) is 5.27. The minimum absolute atomic E-state index is 0.256. The van der Waals surface area contributed by atoms with Crippen molar-refractivity contribution in [2.75, 3.05) is 22.4 Å². The molecule has 0 atom stereocenters. The highest BCUT2D eigenvalue weighted by molar-refractivity contribution is 7.92. The summed E-state index contributed by atoms with van der Waals surface area (Å²) in [6.45, 7) is 0.402. The second kappa shape index (κ2) is 6.57. The van der Waals surface area contributed by atoms with Gasteiger partial charge in [-0.1, -0.05) is 12.1 Å². The number of nitrogens with zero attached hydrogens (tertiary/aromatic N) is 2. The van der Waals surface area contributed by atoms with Crippen molar-refractivity contribution in [1.82, 2.24) is 0 Å². The fraction of sp³-hybridized carbons (Fsp3) is 0.222. The van der Waals surface area contributed by atoms with Crippen LogP contribution in [0.3, 0.4) is 0 Å². The molecule has 3 rings (SSSR count). The zero-order valence-corrected chi connectivity index (χ0v) is 14.5. The monoisotopic (exact) mass is 355 g/mol. The minimum atomic E-state index is -3.30. The molecule has 0 bridgehead atoms. The van der Waals surface area contributed by atoms with Crippen LogP contribution in [0.2, 0.25) is 0 Å². The van der Waals surface area contributed by atoms with E-state index in [1.54, 1.807) is 42.5 Å². The van der Waals surface area contributed by atoms with Gasteiger partial charge in [-0.2, -0.15) is 5.26 Å². The van der Waals surface area contributed by atoms with Gasteiger partial charge >= 0.3 is 0 Å². The Morgan fingerprint density at radius 2 is 1.96 bits per heavy atom. The summed E-state index contributed by atoms with van der Waals surface area (Å²) in [6.07, 6.45) is 2.10. The van der Waals surface area contributed by atoms with Crippen LogP contribution < -0.4 is 9.62 Å². The Morgan fingerprint density at radius 1 is 1.24 bits per heavy atom. The molecular formula is C18H17N3O3S. The molecule has 1 amide bonds. The SMILES string of the molecule is CS(=O)(=O)N1CCc2cc(C(=O)Nc3ccc(CC#N)cc3)ccc21. The molecule has 2 aromatic rings. The van der Waals surface area contributed by atoms with Crippen molar-refractivity contribution in [3.63, 3.8) is 0 Å². The van der Waals surface area contributed by atoms with Gasteiger partial charge in [0.2, 0.25) is 10.0 Å². The fourth-order valence-electron chi connectivity index (χ4n) is 2.86. The topological polar surface area (TPSA) is 90.3 Å². The first-order chi connectivity index (χ1) is 11.9. The van der Waals surface area contributed by atoms with Crippen LogP contribution in [0.1, 0.15) is 21.5 Å². The Labute approximate surface area is 146 Å². The third-order valence-electron chi connectivity index (χ3n) is 4.09. The minimum Gasteiger partial charge on any atom is -0.322 e. The van der Waals surface area contributed by atoms with Crippen LogP contribution in [0, 0.1) is 11.3 Å². The molecule has 0 fully saturated rings. The molecule has 1 N–H and O–H groups in total. The molecule has 25 heavy (non-hydrogen) atoms. The second-order valence-corrected chi connectivity index (χ2v) is 7.82. The molecule has 1 aliphatic heterocycles. The fourth-order valence-corrected chi connectivity index (χ4v) is 3.82. The van der Waals surface area contributed by atoms with Crippen LogP contribution in [0.5, 0.6) is 0 Å². The van der Waals surface area contributed by atoms with Gasteiger partial charge in [-0.3, -0.25) is 9.10 Å². The molecule has 0 unspecified atom stereocenters. The van der Waals surface area contributed by atoms with E-state index in [2.05, 4.69) is 11.4 Å². The Bertz CT molecular complexity index is 960. The van der Waals surface area contributed by atoms with Gasteiger partial charge in [0, 0.05) is 17.8 Å². The summed E-state index contributed by atoms with van der Waals surface area (Å²) < 4.78 is 24.9. The summed E-state index contributed by atoms with van der Waals surface area (Å²) in [5.74, 6) is -0.256. The number of benzene rings is 2. The van der Waals surface area contributed by atoms with Crippen molar-refractivity contribution >= 4 is 27.3 Å². The van der Waals surface area contributed by atoms with Crippen molar-refractivity contribution in [2.24, 2.45) is 0 Å². The number of hydrogen-bond acceptors (Lipinski definition) is 4. The van der Waals surface area contributed by atoms with Crippen molar-refractivity contribution in [1.29, 1.82) is 5.26 Å². The number of fused-ring (bicyclic) bond motifs is 1. The quantitative estimate of drug-likeness (QED) is 0.911. The number of hydrogen-bond donors (Lipinski definition) is 1. The smallest absolute Gasteiger partial charge is 0.255 e. The number of nitriles is 1. The van der Waals surface area contributed by atoms with Crippen molar-refractivity contribution in [2.45, 2.75) is 12.8 Å². The molecule has 1 aliphatic rings. The predicted molar refractivity (Wildman–Crippen MR) is 96.0 cm³/mol. The first-order valence-corrected chi connectivity index (χ1v) is 9.61. The highest BCUT2D eigenvalue weighted by Crippen LogP contribution is 2.30. The summed E-state index contributed by atoms with van der Waals surface area (Å²) in [6, 6.07) is 14.2. The summed E-state index contributed by atoms with van der Waals surface area (Å²) >= 11 is 0. The maximum absolute atomic E-state index is 12.4. The number of carbonyl (C=O) groups is 1. The third kappa shape index (κ3) is 3.64. The Balaban J connectivity index is 1.77. The Morgan fingerprint density at radius 3 is 2.60 bits per heavy atom. The summed E-state index contributed by atoms with van der Waals surface area (Å²) in [5.41, 5.74) is 3.50. The number of carbonyl (C=O) groups excluding carboxylic acids is 1. The van der Waals surface area contributed by atoms with Crippen LogP contribution in [-0.2, 0) is 22.9 Å². The standard InChI is InChI=1S/C18H17N3O3S/c1-25(23,24)21-11-9-14-12-15(4-7-17(14)21)18(22)20-16-5-2-13(3-6-16)8-10-19/h2-7,12H,8-9,11H2,1H3,(H,20,22). The van der Waals surface area contributed by atoms with E-state index in [9.17, 15) is 13.2 Å². The second-order valence-electron chi connectivity index (χ2n) is 5.91. The molecule has 0 saturated carbocycles. The maximum Gasteiger partial charge on any atom is 0.255 e. The molecule has 7 heteroatoms. The van der Waals surface area contributed by atoms with Gasteiger partial charge in [-0.05, 0) is 47.9 Å². The van der Waals surface area contributed by atoms with Crippen LogP contribution in [-0.4, -0.2) is 27.1 Å². The van der Waals surface area contributed by atoms with Crippen LogP contribution in [0.25, 0.3) is 0 Å². The highest BCUT2D eigenvalue weighted by atomic mass is 32.2. The Kier molecular flexibility index (Phi) is 4.47. The van der Waals surface area contributed by atoms with Crippen molar-refractivity contribution < 1.29 is 13.2 Å². The van der Waals surface area contributed by atoms with E-state index in [0.717, 1.165) is 11.1 Å². The van der Waals surface area contributed by atoms with Gasteiger partial charge in [0.05, 0.1) is 24.4 Å². The first kappa shape index (κ1) is 17.0. The molecule has 0 spiro atoms. The van der Waals surface area contributed by atoms with E-state index in [1.165, 1.54) is 10.6 Å². The van der Waals surface area contributed by atoms with Gasteiger partial charge in [-0.25, -0.2) is 8.42 Å². The van der Waals surface area contributed by atoms with Crippen LogP contribution in [0.4, 0.5) is 11.4 Å². The lowest BCUT2D eigenvalue weighted by molar-refractivity contribution is 0.102. The van der Waals surface area contributed by atoms with Gasteiger partial charge < -0.3 is 5.32 Å². The van der Waals surface area contributed by atoms with Gasteiger partial charge in [-0.15, -0.1) is 0 Å². The molecule has 2 aromatic carbocycles. The zero-order chi connectivity index (χ0) is 18.0. The zero-order valence-electron chi connectivity index (χ0n) is 13.7. The molecule has 1 heterocycles. The lowest BCUT2D eigenvalue weighted by Gasteiger charge is -2.16. The molecule has 0 aliphatic carbocycles. The molecular weight excluding hydrogens is 338 g/mol. The largest absolute Gasteiger partial charge is 0.322 e. The van der Waals surface area contributed by atoms with Crippen LogP contribution >= 0.6 is 0 Å². The predicted octanol–water partition coefficient (Wildman–Crippen LogP) is 2.33. The maximum atomic E-state index is 12.4. The van der Waals surface area contributed by atoms with Gasteiger partial charge in [0.1, 0.15) is 0 Å². The lowest BCUT2D eigenvalue weighted by atomic mass is 10.1. The van der Waals surface area contributed by atoms with Crippen LogP contribution in [0.15, 0.2) is 42.5 Å². The van der Waals surface area contributed by atoms with E-state index in [4.69, 9.17) is 5.26 Å². The van der Waals surface area contributed by atoms with Crippen molar-refractivity contribution in [3.8, 4) is 6.07 Å². The molecule has 0 saturated heterocycles. The molecule has 6 nitrogen and oxygen atoms in total. The van der Waals surface area contributed by atoms with E-state index in [-0.39, 0.29) is 5.91 Å². The van der Waals surface area contributed by atoms with E-state index in [1.807, 2.05) is 0 Å². The number of amides is 1. The Hall–Kier alpha value is -2.85. The van der Waals surface area contributed by atoms with Crippen molar-refractivity contribution in [3.05, 3.63) is 59.2 Å². The number of nitrogens with one attached hydrogen (secondary N) is 1. The first-order valence-electron chi connectivity index (χ1n) is 7.76. The van der Waals surface area contributed by atoms with E-state index in [0.29, 0.717) is 36.3 Å². The number of anilines is 2. The van der Waals surface area contributed by atoms with Gasteiger partial charge in [0.25, 0.3) is 5.91 Å². The van der Waals surface area contributed by atoms with E-state index >= 15 is 0 Å². The molecule has 128 valence electrons. The van der Waals surface area contributed by atoms with Gasteiger partial charge in [0.15, 0.2) is 0 Å². The summed E-state index contributed by atoms with van der Waals surface area (Å²) in [7, 11) is -3.30. The average molecular weight is 355 g/mol. The molecule has 0 radical (unpaired) electrons. The molecule has 0 aromatic heterocycles.